The molecule has 1 spiro atoms. The van der Waals surface area contributed by atoms with Crippen molar-refractivity contribution in [1.29, 1.82) is 0 Å². The molecule has 0 N–H and O–H groups in total. The Morgan fingerprint density at radius 1 is 0.246 bits per heavy atom. The maximum absolute atomic E-state index is 4.82. The number of hydrogen-bond acceptors (Lipinski definition) is 2. The monoisotopic (exact) mass is 878 g/mol. The van der Waals surface area contributed by atoms with E-state index in [1.807, 2.05) is 12.4 Å². The molecule has 0 saturated heterocycles. The predicted octanol–water partition coefficient (Wildman–Crippen LogP) is 12.1. The summed E-state index contributed by atoms with van der Waals surface area (Å²) in [5.74, 6) is 0. The molecule has 0 amide bonds. The number of hydrogen-bond donors (Lipinski definition) is 0. The second kappa shape index (κ2) is 12.4. The topological polar surface area (TPSA) is 25.8 Å². The van der Waals surface area contributed by atoms with Gasteiger partial charge in [0.1, 0.15) is 0 Å². The van der Waals surface area contributed by atoms with Crippen molar-refractivity contribution in [3.63, 3.8) is 0 Å². The molecule has 2 aliphatic rings. The number of aromatic nitrogens is 2. The quantitative estimate of drug-likeness (QED) is 0.130. The van der Waals surface area contributed by atoms with E-state index in [0.717, 1.165) is 0 Å². The molecule has 10 aromatic carbocycles. The molecule has 2 aliphatic heterocycles. The van der Waals surface area contributed by atoms with E-state index in [1.54, 1.807) is 7.16 Å². The van der Waals surface area contributed by atoms with Crippen LogP contribution in [0.4, 0.5) is 0 Å². The summed E-state index contributed by atoms with van der Waals surface area (Å²) in [6.45, 7) is 0. The number of pyridine rings is 2. The molecule has 0 radical (unpaired) electrons. The van der Waals surface area contributed by atoms with E-state index in [1.165, 1.54) is 116 Å². The van der Waals surface area contributed by atoms with Crippen LogP contribution in [-0.2, 0) is 0 Å². The van der Waals surface area contributed by atoms with E-state index in [0.29, 0.717) is 0 Å². The molecule has 0 fully saturated rings. The molecule has 12 aromatic rings. The van der Waals surface area contributed by atoms with Gasteiger partial charge in [0.05, 0.1) is 0 Å². The molecular weight excluding hydrogens is 843 g/mol. The fraction of sp³-hybridized carbons (Fsp3) is 0. The van der Waals surface area contributed by atoms with Crippen molar-refractivity contribution in [2.45, 2.75) is 0 Å². The van der Waals surface area contributed by atoms with E-state index in [2.05, 4.69) is 194 Å². The molecule has 0 aliphatic carbocycles. The van der Waals surface area contributed by atoms with Crippen LogP contribution >= 0.6 is 0 Å². The zero-order valence-electron chi connectivity index (χ0n) is 33.0. The summed E-state index contributed by atoms with van der Waals surface area (Å²) in [6.07, 6.45) is 8.19. The van der Waals surface area contributed by atoms with Crippen molar-refractivity contribution in [2.24, 2.45) is 0 Å². The first-order valence-electron chi connectivity index (χ1n) is 21.1. The van der Waals surface area contributed by atoms with Crippen LogP contribution in [0.2, 0.25) is 0 Å². The Kier molecular flexibility index (Phi) is 6.87. The van der Waals surface area contributed by atoms with Crippen molar-refractivity contribution in [3.8, 4) is 44.5 Å². The minimum absolute atomic E-state index is 1.21. The molecule has 4 heterocycles. The molecule has 2 aromatic heterocycles. The number of rotatable bonds is 4. The Morgan fingerprint density at radius 2 is 0.525 bits per heavy atom. The Bertz CT molecular complexity index is 3330. The average Bonchev–Trinajstić information content (AvgIpc) is 3.81. The molecule has 280 valence electrons. The second-order valence-corrected chi connectivity index (χ2v) is 27.3. The summed E-state index contributed by atoms with van der Waals surface area (Å²) in [5, 5.41) is 15.8. The predicted molar refractivity (Wildman–Crippen MR) is 260 cm³/mol. The SMILES string of the molecule is c1ccc(-c2c[c]3c4c(c2)c2ccncc2c2cc(-c5ccccc5)c[c](c24)[Sn]32[c]3cc(-c4ccccc4)cc4c5ccncc5c5cc(-c6ccccc6)c[c]2c5c34)cc1. The second-order valence-electron chi connectivity index (χ2n) is 16.8. The standard InChI is InChI=1S/2C29H17N.Sn/c2*1-3-7-20(8-4-1)22-11-13-24-25-14-12-23(21-9-5-2-6-10-21)18-28(25)29-19-30-16-15-26(29)27(24)17-22;/h2*1-12,15-19H;. The van der Waals surface area contributed by atoms with Gasteiger partial charge >= 0.3 is 359 Å². The molecule has 0 unspecified atom stereocenters. The molecule has 0 atom stereocenters. The van der Waals surface area contributed by atoms with Gasteiger partial charge in [0, 0.05) is 0 Å². The van der Waals surface area contributed by atoms with Crippen molar-refractivity contribution >= 4 is 97.3 Å². The zero-order valence-corrected chi connectivity index (χ0v) is 35.9. The number of fused-ring (bicyclic) bond motifs is 10. The van der Waals surface area contributed by atoms with Gasteiger partial charge in [0.2, 0.25) is 0 Å². The van der Waals surface area contributed by atoms with E-state index >= 15 is 0 Å². The van der Waals surface area contributed by atoms with Crippen LogP contribution in [0.1, 0.15) is 0 Å². The van der Waals surface area contributed by atoms with Gasteiger partial charge in [-0.1, -0.05) is 0 Å². The number of benzene rings is 10. The van der Waals surface area contributed by atoms with Gasteiger partial charge in [-0.15, -0.1) is 0 Å². The Labute approximate surface area is 356 Å². The number of nitrogens with zero attached hydrogens (tertiary/aromatic N) is 2. The van der Waals surface area contributed by atoms with Gasteiger partial charge in [-0.3, -0.25) is 0 Å². The van der Waals surface area contributed by atoms with Gasteiger partial charge in [0.15, 0.2) is 0 Å². The van der Waals surface area contributed by atoms with E-state index < -0.39 is 18.4 Å². The summed E-state index contributed by atoms with van der Waals surface area (Å²) in [7, 11) is 0. The third-order valence-electron chi connectivity index (χ3n) is 13.9. The van der Waals surface area contributed by atoms with Gasteiger partial charge in [-0.2, -0.15) is 0 Å². The Hall–Kier alpha value is -7.14. The summed E-state index contributed by atoms with van der Waals surface area (Å²) < 4.78 is 6.17. The van der Waals surface area contributed by atoms with Crippen molar-refractivity contribution in [3.05, 3.63) is 207 Å². The fourth-order valence-corrected chi connectivity index (χ4v) is 27.9. The molecule has 2 nitrogen and oxygen atoms in total. The van der Waals surface area contributed by atoms with Crippen LogP contribution in [0.15, 0.2) is 207 Å². The fourth-order valence-electron chi connectivity index (χ4n) is 11.4. The van der Waals surface area contributed by atoms with E-state index in [-0.39, 0.29) is 0 Å². The summed E-state index contributed by atoms with van der Waals surface area (Å²) in [5.41, 5.74) is 10.0. The molecule has 0 bridgehead atoms. The van der Waals surface area contributed by atoms with Crippen LogP contribution in [-0.4, -0.2) is 28.3 Å². The normalized spacial score (nSPS) is 13.4. The van der Waals surface area contributed by atoms with E-state index in [9.17, 15) is 0 Å². The Balaban J connectivity index is 1.27. The molecule has 14 rings (SSSR count). The molecule has 0 saturated carbocycles. The molecule has 61 heavy (non-hydrogen) atoms. The van der Waals surface area contributed by atoms with Gasteiger partial charge < -0.3 is 0 Å². The summed E-state index contributed by atoms with van der Waals surface area (Å²) in [4.78, 5) is 9.63. The van der Waals surface area contributed by atoms with Crippen molar-refractivity contribution in [2.75, 3.05) is 0 Å². The molecule has 3 heteroatoms. The van der Waals surface area contributed by atoms with Gasteiger partial charge in [-0.05, 0) is 0 Å². The van der Waals surface area contributed by atoms with Crippen LogP contribution in [0.5, 0.6) is 0 Å². The van der Waals surface area contributed by atoms with E-state index in [4.69, 9.17) is 9.97 Å². The third kappa shape index (κ3) is 4.47. The van der Waals surface area contributed by atoms with Crippen LogP contribution in [0.3, 0.4) is 0 Å². The first kappa shape index (κ1) is 33.7. The molecular formula is C58H34N2Sn. The van der Waals surface area contributed by atoms with Crippen LogP contribution < -0.4 is 14.3 Å². The van der Waals surface area contributed by atoms with Gasteiger partial charge in [-0.25, -0.2) is 0 Å². The summed E-state index contributed by atoms with van der Waals surface area (Å²) >= 11 is -4.46. The van der Waals surface area contributed by atoms with Crippen LogP contribution in [0, 0.1) is 0 Å². The summed E-state index contributed by atoms with van der Waals surface area (Å²) in [6, 6.07) is 69.0. The van der Waals surface area contributed by atoms with Crippen molar-refractivity contribution in [1.82, 2.24) is 9.97 Å². The first-order valence-corrected chi connectivity index (χ1v) is 26.8. The average molecular weight is 878 g/mol. The first-order chi connectivity index (χ1) is 30.3. The Morgan fingerprint density at radius 3 is 0.820 bits per heavy atom. The maximum atomic E-state index is 4.82. The van der Waals surface area contributed by atoms with Gasteiger partial charge in [0.25, 0.3) is 0 Å². The zero-order chi connectivity index (χ0) is 39.8. The minimum atomic E-state index is -4.46. The van der Waals surface area contributed by atoms with Crippen LogP contribution in [0.25, 0.3) is 109 Å². The third-order valence-corrected chi connectivity index (χ3v) is 27.6. The van der Waals surface area contributed by atoms with Crippen molar-refractivity contribution < 1.29 is 0 Å².